The molecule has 0 radical (unpaired) electrons. The van der Waals surface area contributed by atoms with E-state index < -0.39 is 0 Å². The van der Waals surface area contributed by atoms with Crippen LogP contribution in [0.4, 0.5) is 0 Å². The van der Waals surface area contributed by atoms with Crippen molar-refractivity contribution in [3.63, 3.8) is 0 Å². The molecule has 0 aliphatic rings. The van der Waals surface area contributed by atoms with Crippen molar-refractivity contribution in [3.05, 3.63) is 21.0 Å². The summed E-state index contributed by atoms with van der Waals surface area (Å²) in [6.45, 7) is 0.541. The molecule has 1 heterocycles. The summed E-state index contributed by atoms with van der Waals surface area (Å²) in [6.07, 6.45) is 0. The zero-order chi connectivity index (χ0) is 10.0. The predicted octanol–water partition coefficient (Wildman–Crippen LogP) is 2.37. The molecule has 2 N–H and O–H groups in total. The molecule has 0 bridgehead atoms. The van der Waals surface area contributed by atoms with E-state index in [-0.39, 0.29) is 6.04 Å². The molecule has 5 heteroatoms. The number of likely N-dealkylation sites (N-methyl/N-ethyl adjacent to an activating group) is 1. The Bertz CT molecular complexity index is 266. The molecule has 3 nitrogen and oxygen atoms in total. The molecule has 0 fully saturated rings. The van der Waals surface area contributed by atoms with Gasteiger partial charge in [-0.05, 0) is 52.0 Å². The third-order valence-corrected chi connectivity index (χ3v) is 3.55. The quantitative estimate of drug-likeness (QED) is 0.932. The van der Waals surface area contributed by atoms with Gasteiger partial charge in [-0.2, -0.15) is 0 Å². The first kappa shape index (κ1) is 11.2. The number of hydrogen-bond donors (Lipinski definition) is 1. The van der Waals surface area contributed by atoms with Gasteiger partial charge in [0, 0.05) is 6.54 Å². The summed E-state index contributed by atoms with van der Waals surface area (Å²) in [6, 6.07) is 2.06. The van der Waals surface area contributed by atoms with Gasteiger partial charge in [-0.15, -0.1) is 0 Å². The van der Waals surface area contributed by atoms with Crippen molar-refractivity contribution in [2.45, 2.75) is 6.04 Å². The van der Waals surface area contributed by atoms with Crippen molar-refractivity contribution in [1.29, 1.82) is 0 Å². The zero-order valence-corrected chi connectivity index (χ0v) is 10.7. The number of halogens is 2. The fourth-order valence-electron chi connectivity index (χ4n) is 1.11. The van der Waals surface area contributed by atoms with Gasteiger partial charge >= 0.3 is 0 Å². The molecule has 1 unspecified atom stereocenters. The van der Waals surface area contributed by atoms with Gasteiger partial charge < -0.3 is 10.2 Å². The van der Waals surface area contributed by atoms with Gasteiger partial charge in [0.2, 0.25) is 0 Å². The van der Waals surface area contributed by atoms with Gasteiger partial charge in [-0.1, -0.05) is 0 Å². The van der Waals surface area contributed by atoms with Crippen LogP contribution in [-0.2, 0) is 0 Å². The summed E-state index contributed by atoms with van der Waals surface area (Å²) in [5.41, 5.74) is 5.63. The van der Waals surface area contributed by atoms with Crippen LogP contribution in [0.25, 0.3) is 0 Å². The summed E-state index contributed by atoms with van der Waals surface area (Å²) >= 11 is 6.65. The minimum Gasteiger partial charge on any atom is -0.451 e. The number of nitrogens with zero attached hydrogens (tertiary/aromatic N) is 1. The van der Waals surface area contributed by atoms with E-state index >= 15 is 0 Å². The average Bonchev–Trinajstić information content (AvgIpc) is 2.32. The maximum absolute atomic E-state index is 5.63. The molecular formula is C8H12Br2N2O. The van der Waals surface area contributed by atoms with Crippen molar-refractivity contribution in [3.8, 4) is 0 Å². The smallest absolute Gasteiger partial charge is 0.183 e. The van der Waals surface area contributed by atoms with Crippen molar-refractivity contribution in [2.24, 2.45) is 5.73 Å². The van der Waals surface area contributed by atoms with Gasteiger partial charge in [0.05, 0.1) is 10.5 Å². The Morgan fingerprint density at radius 3 is 2.46 bits per heavy atom. The lowest BCUT2D eigenvalue weighted by atomic mass is 10.2. The molecule has 0 amide bonds. The maximum Gasteiger partial charge on any atom is 0.183 e. The highest BCUT2D eigenvalue weighted by Gasteiger charge is 2.17. The van der Waals surface area contributed by atoms with Crippen molar-refractivity contribution < 1.29 is 4.42 Å². The summed E-state index contributed by atoms with van der Waals surface area (Å²) in [5, 5.41) is 0. The Morgan fingerprint density at radius 2 is 2.15 bits per heavy atom. The van der Waals surface area contributed by atoms with Gasteiger partial charge in [0.15, 0.2) is 4.67 Å². The second kappa shape index (κ2) is 4.59. The second-order valence-electron chi connectivity index (χ2n) is 2.99. The van der Waals surface area contributed by atoms with Crippen LogP contribution in [0.3, 0.4) is 0 Å². The second-order valence-corrected chi connectivity index (χ2v) is 4.56. The Labute approximate surface area is 94.5 Å². The lowest BCUT2D eigenvalue weighted by Crippen LogP contribution is -2.26. The summed E-state index contributed by atoms with van der Waals surface area (Å²) in [5.74, 6) is 0.867. The van der Waals surface area contributed by atoms with E-state index in [2.05, 4.69) is 31.9 Å². The number of hydrogen-bond acceptors (Lipinski definition) is 3. The topological polar surface area (TPSA) is 42.4 Å². The monoisotopic (exact) mass is 310 g/mol. The first-order valence-electron chi connectivity index (χ1n) is 3.87. The van der Waals surface area contributed by atoms with Crippen LogP contribution in [0.15, 0.2) is 19.6 Å². The molecule has 1 aromatic rings. The fraction of sp³-hybridized carbons (Fsp3) is 0.500. The summed E-state index contributed by atoms with van der Waals surface area (Å²) < 4.78 is 7.11. The molecule has 1 atom stereocenters. The van der Waals surface area contributed by atoms with Crippen LogP contribution in [-0.4, -0.2) is 25.5 Å². The van der Waals surface area contributed by atoms with E-state index in [1.54, 1.807) is 0 Å². The molecule has 1 aromatic heterocycles. The molecule has 0 saturated carbocycles. The molecule has 1 rings (SSSR count). The Kier molecular flexibility index (Phi) is 3.97. The maximum atomic E-state index is 5.63. The molecular weight excluding hydrogens is 300 g/mol. The molecule has 13 heavy (non-hydrogen) atoms. The van der Waals surface area contributed by atoms with Gasteiger partial charge in [0.25, 0.3) is 0 Å². The fourth-order valence-corrected chi connectivity index (χ4v) is 1.72. The van der Waals surface area contributed by atoms with Crippen molar-refractivity contribution >= 4 is 31.9 Å². The third kappa shape index (κ3) is 2.56. The first-order valence-corrected chi connectivity index (χ1v) is 5.46. The number of nitrogens with two attached hydrogens (primary N) is 1. The Balaban J connectivity index is 2.92. The highest BCUT2D eigenvalue weighted by Crippen LogP contribution is 2.30. The number of rotatable bonds is 3. The first-order chi connectivity index (χ1) is 6.06. The summed E-state index contributed by atoms with van der Waals surface area (Å²) in [4.78, 5) is 2.03. The molecule has 0 spiro atoms. The van der Waals surface area contributed by atoms with E-state index in [0.717, 1.165) is 10.2 Å². The van der Waals surface area contributed by atoms with E-state index in [0.29, 0.717) is 11.2 Å². The average molecular weight is 312 g/mol. The third-order valence-electron chi connectivity index (χ3n) is 1.84. The normalized spacial score (nSPS) is 13.7. The molecule has 0 saturated heterocycles. The highest BCUT2D eigenvalue weighted by atomic mass is 79.9. The lowest BCUT2D eigenvalue weighted by molar-refractivity contribution is 0.261. The van der Waals surface area contributed by atoms with E-state index in [1.807, 2.05) is 25.1 Å². The Morgan fingerprint density at radius 1 is 1.54 bits per heavy atom. The van der Waals surface area contributed by atoms with E-state index in [1.165, 1.54) is 0 Å². The van der Waals surface area contributed by atoms with Crippen LogP contribution in [0.2, 0.25) is 0 Å². The minimum absolute atomic E-state index is 0.127. The molecule has 0 aliphatic carbocycles. The van der Waals surface area contributed by atoms with Crippen LogP contribution in [0.1, 0.15) is 11.8 Å². The Hall–Kier alpha value is 0.160. The van der Waals surface area contributed by atoms with Crippen LogP contribution in [0.5, 0.6) is 0 Å². The standard InChI is InChI=1S/C8H12Br2N2O/c1-12(2)6(4-11)7-3-5(9)8(10)13-7/h3,6H,4,11H2,1-2H3. The minimum atomic E-state index is 0.127. The van der Waals surface area contributed by atoms with Crippen LogP contribution in [0, 0.1) is 0 Å². The number of furan rings is 1. The van der Waals surface area contributed by atoms with E-state index in [9.17, 15) is 0 Å². The largest absolute Gasteiger partial charge is 0.451 e. The van der Waals surface area contributed by atoms with Crippen LogP contribution >= 0.6 is 31.9 Å². The van der Waals surface area contributed by atoms with Crippen LogP contribution < -0.4 is 5.73 Å². The van der Waals surface area contributed by atoms with Gasteiger partial charge in [-0.3, -0.25) is 4.90 Å². The highest BCUT2D eigenvalue weighted by molar-refractivity contribution is 9.13. The van der Waals surface area contributed by atoms with E-state index in [4.69, 9.17) is 10.2 Å². The van der Waals surface area contributed by atoms with Gasteiger partial charge in [0.1, 0.15) is 5.76 Å². The molecule has 74 valence electrons. The van der Waals surface area contributed by atoms with Crippen molar-refractivity contribution in [1.82, 2.24) is 4.90 Å². The zero-order valence-electron chi connectivity index (χ0n) is 7.55. The predicted molar refractivity (Wildman–Crippen MR) is 59.6 cm³/mol. The SMILES string of the molecule is CN(C)C(CN)c1cc(Br)c(Br)o1. The molecule has 0 aromatic carbocycles. The lowest BCUT2D eigenvalue weighted by Gasteiger charge is -2.19. The summed E-state index contributed by atoms with van der Waals surface area (Å²) in [7, 11) is 3.95. The van der Waals surface area contributed by atoms with Crippen molar-refractivity contribution in [2.75, 3.05) is 20.6 Å². The van der Waals surface area contributed by atoms with Gasteiger partial charge in [-0.25, -0.2) is 0 Å². The molecule has 0 aliphatic heterocycles.